The van der Waals surface area contributed by atoms with Crippen molar-refractivity contribution in [1.29, 1.82) is 0 Å². The Labute approximate surface area is 111 Å². The molecule has 18 heavy (non-hydrogen) atoms. The number of hydrogen-bond donors (Lipinski definition) is 1. The molecule has 2 atom stereocenters. The molecule has 1 heterocycles. The number of hydrogen-bond acceptors (Lipinski definition) is 2. The first kappa shape index (κ1) is 13.3. The highest BCUT2D eigenvalue weighted by molar-refractivity contribution is 6.30. The molecule has 0 bridgehead atoms. The van der Waals surface area contributed by atoms with E-state index in [1.165, 1.54) is 12.1 Å². The summed E-state index contributed by atoms with van der Waals surface area (Å²) in [5, 5.41) is 0.285. The number of carbonyl (C=O) groups is 1. The Kier molecular flexibility index (Phi) is 3.88. The second-order valence-electron chi connectivity index (χ2n) is 4.81. The molecule has 1 aliphatic rings. The molecule has 1 amide bonds. The zero-order valence-corrected chi connectivity index (χ0v) is 11.0. The fourth-order valence-electron chi connectivity index (χ4n) is 2.12. The van der Waals surface area contributed by atoms with Crippen LogP contribution in [-0.4, -0.2) is 29.9 Å². The largest absolute Gasteiger partial charge is 0.337 e. The molecular weight excluding hydrogens is 255 g/mol. The molecule has 1 saturated heterocycles. The number of amides is 1. The topological polar surface area (TPSA) is 46.3 Å². The molecule has 1 fully saturated rings. The molecule has 0 aromatic heterocycles. The summed E-state index contributed by atoms with van der Waals surface area (Å²) in [5.74, 6) is -0.504. The van der Waals surface area contributed by atoms with Crippen molar-refractivity contribution >= 4 is 17.5 Å². The van der Waals surface area contributed by atoms with Crippen LogP contribution in [-0.2, 0) is 0 Å². The van der Waals surface area contributed by atoms with Crippen LogP contribution in [0, 0.1) is 11.7 Å². The predicted molar refractivity (Wildman–Crippen MR) is 69.1 cm³/mol. The Morgan fingerprint density at radius 1 is 1.56 bits per heavy atom. The van der Waals surface area contributed by atoms with Crippen molar-refractivity contribution < 1.29 is 9.18 Å². The second kappa shape index (κ2) is 5.24. The monoisotopic (exact) mass is 270 g/mol. The molecule has 5 heteroatoms. The highest BCUT2D eigenvalue weighted by Crippen LogP contribution is 2.20. The zero-order valence-electron chi connectivity index (χ0n) is 10.2. The van der Waals surface area contributed by atoms with Crippen molar-refractivity contribution in [3.05, 3.63) is 34.6 Å². The molecule has 3 nitrogen and oxygen atoms in total. The smallest absolute Gasteiger partial charge is 0.256 e. The summed E-state index contributed by atoms with van der Waals surface area (Å²) in [4.78, 5) is 13.8. The molecule has 0 radical (unpaired) electrons. The second-order valence-corrected chi connectivity index (χ2v) is 5.24. The lowest BCUT2D eigenvalue weighted by Crippen LogP contribution is -2.49. The van der Waals surface area contributed by atoms with E-state index in [-0.39, 0.29) is 22.5 Å². The Hall–Kier alpha value is -1.13. The van der Waals surface area contributed by atoms with Gasteiger partial charge in [-0.2, -0.15) is 0 Å². The first-order valence-corrected chi connectivity index (χ1v) is 6.36. The van der Waals surface area contributed by atoms with Crippen LogP contribution in [0.2, 0.25) is 5.02 Å². The van der Waals surface area contributed by atoms with Gasteiger partial charge < -0.3 is 10.6 Å². The third-order valence-electron chi connectivity index (χ3n) is 3.47. The minimum Gasteiger partial charge on any atom is -0.337 e. The van der Waals surface area contributed by atoms with E-state index in [1.54, 1.807) is 4.90 Å². The Bertz CT molecular complexity index is 466. The number of rotatable bonds is 1. The molecule has 0 aliphatic carbocycles. The summed E-state index contributed by atoms with van der Waals surface area (Å²) in [5.41, 5.74) is 5.99. The fourth-order valence-corrected chi connectivity index (χ4v) is 2.28. The first-order chi connectivity index (χ1) is 8.49. The number of halogens is 2. The van der Waals surface area contributed by atoms with Crippen LogP contribution in [0.3, 0.4) is 0 Å². The van der Waals surface area contributed by atoms with Crippen molar-refractivity contribution in [2.24, 2.45) is 11.7 Å². The van der Waals surface area contributed by atoms with Crippen LogP contribution >= 0.6 is 11.6 Å². The molecule has 98 valence electrons. The summed E-state index contributed by atoms with van der Waals surface area (Å²) >= 11 is 5.66. The lowest BCUT2D eigenvalue weighted by molar-refractivity contribution is 0.0667. The van der Waals surface area contributed by atoms with E-state index >= 15 is 0 Å². The van der Waals surface area contributed by atoms with Gasteiger partial charge in [0.2, 0.25) is 0 Å². The summed E-state index contributed by atoms with van der Waals surface area (Å²) in [6, 6.07) is 4.05. The average molecular weight is 271 g/mol. The number of piperidine rings is 1. The molecule has 2 unspecified atom stereocenters. The van der Waals surface area contributed by atoms with Gasteiger partial charge in [0.1, 0.15) is 5.82 Å². The quantitative estimate of drug-likeness (QED) is 0.851. The molecule has 1 aliphatic heterocycles. The zero-order chi connectivity index (χ0) is 13.3. The van der Waals surface area contributed by atoms with Crippen LogP contribution in [0.25, 0.3) is 0 Å². The van der Waals surface area contributed by atoms with E-state index in [0.717, 1.165) is 12.5 Å². The molecule has 1 aromatic carbocycles. The summed E-state index contributed by atoms with van der Waals surface area (Å²) < 4.78 is 13.7. The Balaban J connectivity index is 2.16. The first-order valence-electron chi connectivity index (χ1n) is 5.99. The highest BCUT2D eigenvalue weighted by Gasteiger charge is 2.28. The molecule has 1 aromatic rings. The fraction of sp³-hybridized carbons (Fsp3) is 0.462. The summed E-state index contributed by atoms with van der Waals surface area (Å²) in [7, 11) is 0. The van der Waals surface area contributed by atoms with Crippen LogP contribution in [0.5, 0.6) is 0 Å². The number of carbonyl (C=O) groups excluding carboxylic acids is 1. The van der Waals surface area contributed by atoms with Gasteiger partial charge in [-0.25, -0.2) is 4.39 Å². The molecule has 2 N–H and O–H groups in total. The van der Waals surface area contributed by atoms with E-state index in [1.807, 2.05) is 0 Å². The SMILES string of the molecule is CC1CCN(C(=O)c2ccc(Cl)cc2F)CC1N. The Morgan fingerprint density at radius 2 is 2.28 bits per heavy atom. The number of benzene rings is 1. The minimum absolute atomic E-state index is 0.0435. The van der Waals surface area contributed by atoms with Gasteiger partial charge in [0.15, 0.2) is 0 Å². The maximum Gasteiger partial charge on any atom is 0.256 e. The standard InChI is InChI=1S/C13H16ClFN2O/c1-8-4-5-17(7-12(8)16)13(18)10-3-2-9(14)6-11(10)15/h2-3,6,8,12H,4-5,7,16H2,1H3. The lowest BCUT2D eigenvalue weighted by atomic mass is 9.94. The van der Waals surface area contributed by atoms with Gasteiger partial charge in [-0.15, -0.1) is 0 Å². The molecule has 2 rings (SSSR count). The summed E-state index contributed by atoms with van der Waals surface area (Å²) in [6.45, 7) is 3.16. The maximum atomic E-state index is 13.7. The van der Waals surface area contributed by atoms with Crippen molar-refractivity contribution in [3.8, 4) is 0 Å². The van der Waals surface area contributed by atoms with Crippen molar-refractivity contribution in [1.82, 2.24) is 4.90 Å². The van der Waals surface area contributed by atoms with Gasteiger partial charge in [0.05, 0.1) is 5.56 Å². The third kappa shape index (κ3) is 2.65. The number of likely N-dealkylation sites (tertiary alicyclic amines) is 1. The van der Waals surface area contributed by atoms with E-state index in [0.29, 0.717) is 19.0 Å². The van der Waals surface area contributed by atoms with Gasteiger partial charge in [0, 0.05) is 24.2 Å². The van der Waals surface area contributed by atoms with E-state index in [4.69, 9.17) is 17.3 Å². The predicted octanol–water partition coefficient (Wildman–Crippen LogP) is 2.29. The van der Waals surface area contributed by atoms with Crippen LogP contribution in [0.1, 0.15) is 23.7 Å². The van der Waals surface area contributed by atoms with Crippen molar-refractivity contribution in [3.63, 3.8) is 0 Å². The summed E-state index contributed by atoms with van der Waals surface area (Å²) in [6.07, 6.45) is 0.849. The van der Waals surface area contributed by atoms with E-state index in [9.17, 15) is 9.18 Å². The van der Waals surface area contributed by atoms with Crippen LogP contribution in [0.15, 0.2) is 18.2 Å². The minimum atomic E-state index is -0.584. The van der Waals surface area contributed by atoms with Crippen molar-refractivity contribution in [2.75, 3.05) is 13.1 Å². The maximum absolute atomic E-state index is 13.7. The number of nitrogens with two attached hydrogens (primary N) is 1. The molecular formula is C13H16ClFN2O. The van der Waals surface area contributed by atoms with Crippen molar-refractivity contribution in [2.45, 2.75) is 19.4 Å². The third-order valence-corrected chi connectivity index (χ3v) is 3.70. The normalized spacial score (nSPS) is 24.1. The van der Waals surface area contributed by atoms with Crippen LogP contribution < -0.4 is 5.73 Å². The molecule has 0 spiro atoms. The Morgan fingerprint density at radius 3 is 2.89 bits per heavy atom. The van der Waals surface area contributed by atoms with Gasteiger partial charge in [0.25, 0.3) is 5.91 Å². The molecule has 0 saturated carbocycles. The van der Waals surface area contributed by atoms with Crippen LogP contribution in [0.4, 0.5) is 4.39 Å². The van der Waals surface area contributed by atoms with Gasteiger partial charge >= 0.3 is 0 Å². The van der Waals surface area contributed by atoms with Gasteiger partial charge in [-0.05, 0) is 30.5 Å². The van der Waals surface area contributed by atoms with E-state index < -0.39 is 5.82 Å². The van der Waals surface area contributed by atoms with Gasteiger partial charge in [-0.3, -0.25) is 4.79 Å². The lowest BCUT2D eigenvalue weighted by Gasteiger charge is -2.35. The number of nitrogens with zero attached hydrogens (tertiary/aromatic N) is 1. The van der Waals surface area contributed by atoms with Gasteiger partial charge in [-0.1, -0.05) is 18.5 Å². The average Bonchev–Trinajstić information content (AvgIpc) is 2.32. The highest BCUT2D eigenvalue weighted by atomic mass is 35.5. The van der Waals surface area contributed by atoms with E-state index in [2.05, 4.69) is 6.92 Å².